The second-order valence-corrected chi connectivity index (χ2v) is 6.29. The highest BCUT2D eigenvalue weighted by molar-refractivity contribution is 7.90. The van der Waals surface area contributed by atoms with Crippen molar-refractivity contribution in [3.8, 4) is 0 Å². The fourth-order valence-electron chi connectivity index (χ4n) is 1.40. The van der Waals surface area contributed by atoms with Crippen molar-refractivity contribution >= 4 is 21.5 Å². The molecule has 0 unspecified atom stereocenters. The Bertz CT molecular complexity index is 603. The van der Waals surface area contributed by atoms with Crippen LogP contribution in [-0.4, -0.2) is 45.4 Å². The lowest BCUT2D eigenvalue weighted by Gasteiger charge is -2.12. The van der Waals surface area contributed by atoms with Crippen LogP contribution >= 0.6 is 0 Å². The molecule has 1 amide bonds. The number of hydrogen-bond acceptors (Lipinski definition) is 4. The molecule has 1 aromatic carbocycles. The van der Waals surface area contributed by atoms with Crippen LogP contribution in [0.1, 0.15) is 27.6 Å². The van der Waals surface area contributed by atoms with Crippen molar-refractivity contribution in [3.63, 3.8) is 0 Å². The first-order valence-corrected chi connectivity index (χ1v) is 7.10. The minimum absolute atomic E-state index is 0.0274. The quantitative estimate of drug-likeness (QED) is 0.767. The maximum atomic E-state index is 11.8. The normalized spacial score (nSPS) is 11.1. The molecule has 0 aliphatic rings. The summed E-state index contributed by atoms with van der Waals surface area (Å²) in [7, 11) is -0.347. The zero-order chi connectivity index (χ0) is 14.1. The van der Waals surface area contributed by atoms with Gasteiger partial charge in [-0.15, -0.1) is 0 Å². The van der Waals surface area contributed by atoms with Crippen LogP contribution in [0.2, 0.25) is 0 Å². The number of carbonyl (C=O) groups is 2. The molecular weight excluding hydrogens is 254 g/mol. The van der Waals surface area contributed by atoms with Gasteiger partial charge in [-0.2, -0.15) is 0 Å². The Labute approximate surface area is 106 Å². The first kappa shape index (κ1) is 14.4. The van der Waals surface area contributed by atoms with E-state index in [0.717, 1.165) is 6.26 Å². The molecule has 0 aromatic heterocycles. The topological polar surface area (TPSA) is 71.5 Å². The van der Waals surface area contributed by atoms with Gasteiger partial charge < -0.3 is 4.90 Å². The van der Waals surface area contributed by atoms with Gasteiger partial charge in [0.2, 0.25) is 0 Å². The molecule has 0 heterocycles. The van der Waals surface area contributed by atoms with E-state index in [1.807, 2.05) is 0 Å². The molecular formula is C12H15NO4S. The Morgan fingerprint density at radius 1 is 1.06 bits per heavy atom. The predicted molar refractivity (Wildman–Crippen MR) is 67.6 cm³/mol. The maximum Gasteiger partial charge on any atom is 0.253 e. The van der Waals surface area contributed by atoms with Crippen molar-refractivity contribution in [1.29, 1.82) is 0 Å². The van der Waals surface area contributed by atoms with Gasteiger partial charge in [0, 0.05) is 31.5 Å². The summed E-state index contributed by atoms with van der Waals surface area (Å²) in [4.78, 5) is 24.5. The number of Topliss-reactive ketones (excluding diaryl/α,β-unsaturated/α-hetero) is 1. The van der Waals surface area contributed by atoms with Crippen LogP contribution in [-0.2, 0) is 9.84 Å². The number of nitrogens with zero attached hydrogens (tertiary/aromatic N) is 1. The first-order chi connectivity index (χ1) is 8.12. The van der Waals surface area contributed by atoms with Crippen molar-refractivity contribution in [1.82, 2.24) is 4.90 Å². The summed E-state index contributed by atoms with van der Waals surface area (Å²) in [5.41, 5.74) is 0.399. The first-order valence-electron chi connectivity index (χ1n) is 5.20. The lowest BCUT2D eigenvalue weighted by molar-refractivity contribution is 0.0827. The average molecular weight is 269 g/mol. The van der Waals surface area contributed by atoms with Crippen LogP contribution in [0, 0.1) is 0 Å². The van der Waals surface area contributed by atoms with Crippen molar-refractivity contribution in [2.45, 2.75) is 11.8 Å². The molecule has 0 saturated heterocycles. The second-order valence-electron chi connectivity index (χ2n) is 4.27. The van der Waals surface area contributed by atoms with Crippen LogP contribution in [0.3, 0.4) is 0 Å². The van der Waals surface area contributed by atoms with E-state index in [2.05, 4.69) is 0 Å². The van der Waals surface area contributed by atoms with Crippen LogP contribution in [0.4, 0.5) is 0 Å². The molecule has 0 atom stereocenters. The molecule has 0 fully saturated rings. The van der Waals surface area contributed by atoms with Crippen molar-refractivity contribution < 1.29 is 18.0 Å². The molecule has 0 aliphatic heterocycles. The van der Waals surface area contributed by atoms with Crippen LogP contribution < -0.4 is 0 Å². The molecule has 6 heteroatoms. The zero-order valence-corrected chi connectivity index (χ0v) is 11.5. The molecule has 1 aromatic rings. The molecule has 98 valence electrons. The van der Waals surface area contributed by atoms with E-state index in [1.165, 1.54) is 30.0 Å². The van der Waals surface area contributed by atoms with Crippen molar-refractivity contribution in [2.24, 2.45) is 0 Å². The Morgan fingerprint density at radius 2 is 1.56 bits per heavy atom. The minimum atomic E-state index is -3.46. The largest absolute Gasteiger partial charge is 0.345 e. The van der Waals surface area contributed by atoms with E-state index in [9.17, 15) is 18.0 Å². The number of carbonyl (C=O) groups excluding carboxylic acids is 2. The standard InChI is InChI=1S/C12H15NO4S/c1-8(14)9-5-10(12(15)13(2)3)7-11(6-9)18(4,16)17/h5-7H,1-4H3. The number of sulfone groups is 1. The van der Waals surface area contributed by atoms with Gasteiger partial charge in [-0.05, 0) is 25.1 Å². The van der Waals surface area contributed by atoms with Gasteiger partial charge in [-0.3, -0.25) is 9.59 Å². The SMILES string of the molecule is CC(=O)c1cc(C(=O)N(C)C)cc(S(C)(=O)=O)c1. The molecule has 0 bridgehead atoms. The van der Waals surface area contributed by atoms with E-state index in [1.54, 1.807) is 14.1 Å². The Hall–Kier alpha value is -1.69. The van der Waals surface area contributed by atoms with E-state index < -0.39 is 9.84 Å². The summed E-state index contributed by atoms with van der Waals surface area (Å²) in [5, 5.41) is 0. The van der Waals surface area contributed by atoms with Gasteiger partial charge in [-0.25, -0.2) is 8.42 Å². The third-order valence-corrected chi connectivity index (χ3v) is 3.49. The van der Waals surface area contributed by atoms with Gasteiger partial charge in [0.15, 0.2) is 15.6 Å². The maximum absolute atomic E-state index is 11.8. The van der Waals surface area contributed by atoms with E-state index in [0.29, 0.717) is 0 Å². The smallest absolute Gasteiger partial charge is 0.253 e. The summed E-state index contributed by atoms with van der Waals surface area (Å²) >= 11 is 0. The summed E-state index contributed by atoms with van der Waals surface area (Å²) in [5.74, 6) is -0.628. The second kappa shape index (κ2) is 4.89. The van der Waals surface area contributed by atoms with Gasteiger partial charge >= 0.3 is 0 Å². The molecule has 1 rings (SSSR count). The summed E-state index contributed by atoms with van der Waals surface area (Å²) in [6.45, 7) is 1.32. The van der Waals surface area contributed by atoms with Crippen molar-refractivity contribution in [3.05, 3.63) is 29.3 Å². The third kappa shape index (κ3) is 3.16. The van der Waals surface area contributed by atoms with Gasteiger partial charge in [0.25, 0.3) is 5.91 Å². The van der Waals surface area contributed by atoms with E-state index in [4.69, 9.17) is 0 Å². The number of hydrogen-bond donors (Lipinski definition) is 0. The lowest BCUT2D eigenvalue weighted by Crippen LogP contribution is -2.22. The monoisotopic (exact) mass is 269 g/mol. The molecule has 0 saturated carbocycles. The van der Waals surface area contributed by atoms with Gasteiger partial charge in [-0.1, -0.05) is 0 Å². The molecule has 0 N–H and O–H groups in total. The van der Waals surface area contributed by atoms with E-state index in [-0.39, 0.29) is 27.7 Å². The fourth-order valence-corrected chi connectivity index (χ4v) is 2.08. The number of amides is 1. The summed E-state index contributed by atoms with van der Waals surface area (Å²) in [6, 6.07) is 3.97. The molecule has 0 spiro atoms. The summed E-state index contributed by atoms with van der Waals surface area (Å²) < 4.78 is 23.0. The zero-order valence-electron chi connectivity index (χ0n) is 10.7. The Morgan fingerprint density at radius 3 is 1.94 bits per heavy atom. The molecule has 0 radical (unpaired) electrons. The van der Waals surface area contributed by atoms with E-state index >= 15 is 0 Å². The third-order valence-electron chi connectivity index (χ3n) is 2.39. The lowest BCUT2D eigenvalue weighted by atomic mass is 10.1. The number of rotatable bonds is 3. The number of benzene rings is 1. The van der Waals surface area contributed by atoms with Gasteiger partial charge in [0.05, 0.1) is 4.90 Å². The highest BCUT2D eigenvalue weighted by Gasteiger charge is 2.16. The molecule has 18 heavy (non-hydrogen) atoms. The van der Waals surface area contributed by atoms with Gasteiger partial charge in [0.1, 0.15) is 0 Å². The van der Waals surface area contributed by atoms with Crippen molar-refractivity contribution in [2.75, 3.05) is 20.4 Å². The molecule has 5 nitrogen and oxygen atoms in total. The Balaban J connectivity index is 3.50. The highest BCUT2D eigenvalue weighted by atomic mass is 32.2. The minimum Gasteiger partial charge on any atom is -0.345 e. The predicted octanol–water partition coefficient (Wildman–Crippen LogP) is 0.995. The average Bonchev–Trinajstić information content (AvgIpc) is 2.26. The summed E-state index contributed by atoms with van der Waals surface area (Å²) in [6.07, 6.45) is 1.04. The Kier molecular flexibility index (Phi) is 3.91. The fraction of sp³-hybridized carbons (Fsp3) is 0.333. The highest BCUT2D eigenvalue weighted by Crippen LogP contribution is 2.17. The van der Waals surface area contributed by atoms with Crippen LogP contribution in [0.5, 0.6) is 0 Å². The number of ketones is 1. The van der Waals surface area contributed by atoms with Crippen LogP contribution in [0.15, 0.2) is 23.1 Å². The molecule has 0 aliphatic carbocycles. The van der Waals surface area contributed by atoms with Crippen LogP contribution in [0.25, 0.3) is 0 Å².